The van der Waals surface area contributed by atoms with Crippen LogP contribution >= 0.6 is 11.3 Å². The number of carbonyl (C=O) groups is 1. The van der Waals surface area contributed by atoms with Crippen LogP contribution < -0.4 is 10.2 Å². The zero-order valence-corrected chi connectivity index (χ0v) is 16.7. The second kappa shape index (κ2) is 7.94. The fourth-order valence-corrected chi connectivity index (χ4v) is 4.70. The summed E-state index contributed by atoms with van der Waals surface area (Å²) in [5, 5.41) is 5.18. The molecule has 0 spiro atoms. The van der Waals surface area contributed by atoms with Crippen LogP contribution in [0.5, 0.6) is 0 Å². The molecule has 2 aliphatic rings. The van der Waals surface area contributed by atoms with Crippen molar-refractivity contribution in [1.82, 2.24) is 15.3 Å². The highest BCUT2D eigenvalue weighted by molar-refractivity contribution is 7.10. The molecule has 0 bridgehead atoms. The van der Waals surface area contributed by atoms with E-state index in [9.17, 15) is 4.79 Å². The van der Waals surface area contributed by atoms with E-state index in [1.807, 2.05) is 23.7 Å². The van der Waals surface area contributed by atoms with Crippen molar-refractivity contribution in [3.05, 3.63) is 39.8 Å². The Morgan fingerprint density at radius 2 is 2.19 bits per heavy atom. The summed E-state index contributed by atoms with van der Waals surface area (Å²) in [4.78, 5) is 25.2. The first-order valence-electron chi connectivity index (χ1n) is 9.66. The highest BCUT2D eigenvalue weighted by Crippen LogP contribution is 2.30. The quantitative estimate of drug-likeness (QED) is 0.875. The normalized spacial score (nSPS) is 25.1. The Morgan fingerprint density at radius 1 is 1.37 bits per heavy atom. The van der Waals surface area contributed by atoms with Crippen molar-refractivity contribution in [2.75, 3.05) is 18.0 Å². The number of fused-ring (bicyclic) bond motifs is 1. The van der Waals surface area contributed by atoms with E-state index in [1.165, 1.54) is 0 Å². The first-order chi connectivity index (χ1) is 13.1. The number of anilines is 1. The highest BCUT2D eigenvalue weighted by Gasteiger charge is 2.27. The van der Waals surface area contributed by atoms with Crippen molar-refractivity contribution in [2.45, 2.75) is 57.8 Å². The Bertz CT molecular complexity index is 785. The molecule has 4 rings (SSSR count). The molecule has 1 aliphatic carbocycles. The molecule has 1 N–H and O–H groups in total. The molecular formula is C20H26N4O2S. The van der Waals surface area contributed by atoms with Gasteiger partial charge >= 0.3 is 0 Å². The molecule has 6 nitrogen and oxygen atoms in total. The second-order valence-electron chi connectivity index (χ2n) is 7.50. The fraction of sp³-hybridized carbons (Fsp3) is 0.550. The van der Waals surface area contributed by atoms with Gasteiger partial charge in [0.1, 0.15) is 0 Å². The molecule has 1 fully saturated rings. The minimum atomic E-state index is 0.0119. The Balaban J connectivity index is 1.47. The summed E-state index contributed by atoms with van der Waals surface area (Å²) in [5.41, 5.74) is 2.14. The summed E-state index contributed by atoms with van der Waals surface area (Å²) in [6, 6.07) is 3.99. The molecule has 7 heteroatoms. The summed E-state index contributed by atoms with van der Waals surface area (Å²) in [6.07, 6.45) is 5.62. The van der Waals surface area contributed by atoms with Gasteiger partial charge in [-0.1, -0.05) is 6.07 Å². The lowest BCUT2D eigenvalue weighted by molar-refractivity contribution is -0.121. The minimum Gasteiger partial charge on any atom is -0.372 e. The summed E-state index contributed by atoms with van der Waals surface area (Å²) >= 11 is 1.62. The number of carbonyl (C=O) groups excluding carboxylic acids is 1. The SMILES string of the molecule is C[C@@H]1CN(c2ncc3c(n2)CCC[C@H]3NC(=O)Cc2cccs2)C[C@@H](C)O1. The van der Waals surface area contributed by atoms with Crippen molar-refractivity contribution in [1.29, 1.82) is 0 Å². The molecule has 0 aromatic carbocycles. The van der Waals surface area contributed by atoms with Gasteiger partial charge in [-0.3, -0.25) is 4.79 Å². The molecular weight excluding hydrogens is 360 g/mol. The number of aryl methyl sites for hydroxylation is 1. The van der Waals surface area contributed by atoms with E-state index in [2.05, 4.69) is 29.0 Å². The predicted octanol–water partition coefficient (Wildman–Crippen LogP) is 2.89. The van der Waals surface area contributed by atoms with E-state index in [4.69, 9.17) is 9.72 Å². The van der Waals surface area contributed by atoms with E-state index in [-0.39, 0.29) is 24.2 Å². The average molecular weight is 387 g/mol. The molecule has 1 saturated heterocycles. The third-order valence-corrected chi connectivity index (χ3v) is 6.00. The number of rotatable bonds is 4. The number of hydrogen-bond donors (Lipinski definition) is 1. The van der Waals surface area contributed by atoms with Crippen molar-refractivity contribution < 1.29 is 9.53 Å². The number of nitrogens with one attached hydrogen (secondary N) is 1. The number of thiophene rings is 1. The van der Waals surface area contributed by atoms with Gasteiger partial charge < -0.3 is 15.0 Å². The van der Waals surface area contributed by atoms with Crippen LogP contribution in [0.15, 0.2) is 23.7 Å². The number of aromatic nitrogens is 2. The zero-order valence-electron chi connectivity index (χ0n) is 15.9. The molecule has 3 heterocycles. The van der Waals surface area contributed by atoms with Gasteiger partial charge in [0.25, 0.3) is 0 Å². The van der Waals surface area contributed by atoms with Crippen molar-refractivity contribution in [2.24, 2.45) is 0 Å². The average Bonchev–Trinajstić information content (AvgIpc) is 3.13. The van der Waals surface area contributed by atoms with E-state index >= 15 is 0 Å². The van der Waals surface area contributed by atoms with Crippen LogP contribution in [-0.2, 0) is 22.4 Å². The third kappa shape index (κ3) is 4.30. The van der Waals surface area contributed by atoms with Crippen LogP contribution in [0.4, 0.5) is 5.95 Å². The van der Waals surface area contributed by atoms with Crippen molar-refractivity contribution >= 4 is 23.2 Å². The maximum Gasteiger partial charge on any atom is 0.225 e. The van der Waals surface area contributed by atoms with Crippen molar-refractivity contribution in [3.63, 3.8) is 0 Å². The monoisotopic (exact) mass is 386 g/mol. The van der Waals surface area contributed by atoms with E-state index < -0.39 is 0 Å². The van der Waals surface area contributed by atoms with Crippen LogP contribution in [0.1, 0.15) is 48.9 Å². The second-order valence-corrected chi connectivity index (χ2v) is 8.54. The fourth-order valence-electron chi connectivity index (χ4n) is 4.00. The molecule has 144 valence electrons. The topological polar surface area (TPSA) is 67.4 Å². The summed E-state index contributed by atoms with van der Waals surface area (Å²) in [6.45, 7) is 5.79. The first kappa shape index (κ1) is 18.4. The van der Waals surface area contributed by atoms with Crippen LogP contribution in [0, 0.1) is 0 Å². The molecule has 27 heavy (non-hydrogen) atoms. The van der Waals surface area contributed by atoms with E-state index in [0.717, 1.165) is 54.4 Å². The highest BCUT2D eigenvalue weighted by atomic mass is 32.1. The lowest BCUT2D eigenvalue weighted by atomic mass is 9.92. The molecule has 0 unspecified atom stereocenters. The van der Waals surface area contributed by atoms with Gasteiger partial charge in [-0.15, -0.1) is 11.3 Å². The van der Waals surface area contributed by atoms with Gasteiger partial charge in [-0.25, -0.2) is 9.97 Å². The number of hydrogen-bond acceptors (Lipinski definition) is 6. The Hall–Kier alpha value is -1.99. The first-order valence-corrected chi connectivity index (χ1v) is 10.5. The molecule has 0 radical (unpaired) electrons. The summed E-state index contributed by atoms with van der Waals surface area (Å²) in [5.74, 6) is 0.844. The molecule has 2 aromatic rings. The van der Waals surface area contributed by atoms with Crippen LogP contribution in [0.2, 0.25) is 0 Å². The summed E-state index contributed by atoms with van der Waals surface area (Å²) < 4.78 is 5.81. The van der Waals surface area contributed by atoms with Gasteiger partial charge in [0, 0.05) is 29.7 Å². The number of ether oxygens (including phenoxy) is 1. The largest absolute Gasteiger partial charge is 0.372 e. The molecule has 1 amide bonds. The van der Waals surface area contributed by atoms with Gasteiger partial charge in [0.2, 0.25) is 11.9 Å². The molecule has 0 saturated carbocycles. The Morgan fingerprint density at radius 3 is 2.93 bits per heavy atom. The van der Waals surface area contributed by atoms with Gasteiger partial charge in [-0.2, -0.15) is 0 Å². The predicted molar refractivity (Wildman–Crippen MR) is 106 cm³/mol. The van der Waals surface area contributed by atoms with Gasteiger partial charge in [0.05, 0.1) is 30.4 Å². The van der Waals surface area contributed by atoms with E-state index in [1.54, 1.807) is 11.3 Å². The molecule has 2 aromatic heterocycles. The zero-order chi connectivity index (χ0) is 18.8. The van der Waals surface area contributed by atoms with Gasteiger partial charge in [0.15, 0.2) is 0 Å². The Kier molecular flexibility index (Phi) is 5.41. The van der Waals surface area contributed by atoms with Gasteiger partial charge in [-0.05, 0) is 44.6 Å². The van der Waals surface area contributed by atoms with Crippen LogP contribution in [-0.4, -0.2) is 41.2 Å². The van der Waals surface area contributed by atoms with Crippen molar-refractivity contribution in [3.8, 4) is 0 Å². The van der Waals surface area contributed by atoms with Crippen LogP contribution in [0.3, 0.4) is 0 Å². The van der Waals surface area contributed by atoms with E-state index in [0.29, 0.717) is 6.42 Å². The summed E-state index contributed by atoms with van der Waals surface area (Å²) in [7, 11) is 0. The lowest BCUT2D eigenvalue weighted by Gasteiger charge is -2.36. The number of amides is 1. The third-order valence-electron chi connectivity index (χ3n) is 5.12. The maximum absolute atomic E-state index is 12.4. The molecule has 1 aliphatic heterocycles. The minimum absolute atomic E-state index is 0.0119. The number of morpholine rings is 1. The maximum atomic E-state index is 12.4. The standard InChI is InChI=1S/C20H26N4O2S/c1-13-11-24(12-14(2)26-13)20-21-10-16-17(6-3-7-18(16)23-20)22-19(25)9-15-5-4-8-27-15/h4-5,8,10,13-14,17H,3,6-7,9,11-12H2,1-2H3,(H,22,25)/t13-,14-,17-/m1/s1. The smallest absolute Gasteiger partial charge is 0.225 e. The Labute approximate surface area is 164 Å². The lowest BCUT2D eigenvalue weighted by Crippen LogP contribution is -2.46. The number of nitrogens with zero attached hydrogens (tertiary/aromatic N) is 3. The van der Waals surface area contributed by atoms with Crippen LogP contribution in [0.25, 0.3) is 0 Å². The molecule has 3 atom stereocenters.